The Bertz CT molecular complexity index is 787. The van der Waals surface area contributed by atoms with Crippen LogP contribution in [-0.4, -0.2) is 53.5 Å². The lowest BCUT2D eigenvalue weighted by Gasteiger charge is -2.52. The summed E-state index contributed by atoms with van der Waals surface area (Å²) in [4.78, 5) is 25.5. The molecule has 1 N–H and O–H groups in total. The van der Waals surface area contributed by atoms with Crippen LogP contribution in [0.25, 0.3) is 0 Å². The van der Waals surface area contributed by atoms with Crippen molar-refractivity contribution in [2.45, 2.75) is 62.9 Å². The Labute approximate surface area is 151 Å². The van der Waals surface area contributed by atoms with E-state index in [0.717, 1.165) is 24.0 Å². The summed E-state index contributed by atoms with van der Waals surface area (Å²) in [6.45, 7) is 4.55. The first kappa shape index (κ1) is 15.8. The second-order valence-electron chi connectivity index (χ2n) is 9.34. The number of fused-ring (bicyclic) bond motifs is 2. The number of hydrogen-bond acceptors (Lipinski definition) is 6. The third-order valence-electron chi connectivity index (χ3n) is 8.52. The van der Waals surface area contributed by atoms with Gasteiger partial charge in [0.15, 0.2) is 11.4 Å². The number of esters is 1. The van der Waals surface area contributed by atoms with Crippen LogP contribution in [0.1, 0.15) is 39.5 Å². The molecule has 3 aliphatic heterocycles. The van der Waals surface area contributed by atoms with Gasteiger partial charge in [-0.15, -0.1) is 0 Å². The number of aliphatic hydroxyl groups excluding tert-OH is 1. The van der Waals surface area contributed by atoms with Crippen LogP contribution in [0, 0.1) is 23.2 Å². The van der Waals surface area contributed by atoms with Crippen molar-refractivity contribution in [1.82, 2.24) is 0 Å². The normalized spacial score (nSPS) is 54.4. The molecule has 4 fully saturated rings. The van der Waals surface area contributed by atoms with Crippen molar-refractivity contribution < 1.29 is 28.9 Å². The first-order chi connectivity index (χ1) is 12.4. The van der Waals surface area contributed by atoms with Gasteiger partial charge in [-0.25, -0.2) is 4.79 Å². The van der Waals surface area contributed by atoms with Gasteiger partial charge in [-0.05, 0) is 43.1 Å². The molecule has 2 saturated heterocycles. The fourth-order valence-electron chi connectivity index (χ4n) is 7.05. The Morgan fingerprint density at radius 1 is 1.23 bits per heavy atom. The molecule has 3 heterocycles. The van der Waals surface area contributed by atoms with E-state index in [4.69, 9.17) is 14.2 Å². The molecular weight excluding hydrogens is 336 g/mol. The number of Topliss-reactive ketones (excluding diaryl/α,β-unsaturated/α-hetero) is 1. The molecule has 2 spiro atoms. The molecule has 8 atom stereocenters. The fourth-order valence-corrected chi connectivity index (χ4v) is 7.05. The van der Waals surface area contributed by atoms with E-state index in [1.165, 1.54) is 0 Å². The number of cyclic esters (lactones) is 1. The zero-order valence-corrected chi connectivity index (χ0v) is 15.1. The predicted octanol–water partition coefficient (Wildman–Crippen LogP) is 1.15. The minimum Gasteiger partial charge on any atom is -0.458 e. The lowest BCUT2D eigenvalue weighted by atomic mass is 9.47. The summed E-state index contributed by atoms with van der Waals surface area (Å²) in [5.41, 5.74) is 0.385. The van der Waals surface area contributed by atoms with Gasteiger partial charge in [0, 0.05) is 23.5 Å². The van der Waals surface area contributed by atoms with Gasteiger partial charge < -0.3 is 19.3 Å². The predicted molar refractivity (Wildman–Crippen MR) is 88.0 cm³/mol. The lowest BCUT2D eigenvalue weighted by Crippen LogP contribution is -2.65. The van der Waals surface area contributed by atoms with Crippen LogP contribution in [-0.2, 0) is 23.8 Å². The fraction of sp³-hybridized carbons (Fsp3) is 0.800. The molecule has 0 bridgehead atoms. The van der Waals surface area contributed by atoms with Crippen molar-refractivity contribution in [3.05, 3.63) is 11.1 Å². The van der Waals surface area contributed by atoms with E-state index in [0.29, 0.717) is 19.4 Å². The summed E-state index contributed by atoms with van der Waals surface area (Å²) in [6.07, 6.45) is 2.84. The molecule has 6 aliphatic rings. The highest BCUT2D eigenvalue weighted by molar-refractivity contribution is 5.97. The molecular formula is C20H24O6. The van der Waals surface area contributed by atoms with Crippen LogP contribution >= 0.6 is 0 Å². The Morgan fingerprint density at radius 2 is 2.04 bits per heavy atom. The Hall–Kier alpha value is -1.24. The summed E-state index contributed by atoms with van der Waals surface area (Å²) in [5, 5.41) is 9.58. The van der Waals surface area contributed by atoms with Gasteiger partial charge in [-0.1, -0.05) is 13.8 Å². The van der Waals surface area contributed by atoms with E-state index in [-0.39, 0.29) is 53.7 Å². The molecule has 0 aromatic rings. The Balaban J connectivity index is 1.45. The minimum absolute atomic E-state index is 0.00641. The van der Waals surface area contributed by atoms with Crippen LogP contribution in [0.2, 0.25) is 0 Å². The molecule has 6 rings (SSSR count). The maximum absolute atomic E-state index is 13.4. The van der Waals surface area contributed by atoms with Gasteiger partial charge in [0.2, 0.25) is 0 Å². The van der Waals surface area contributed by atoms with Gasteiger partial charge >= 0.3 is 5.97 Å². The van der Waals surface area contributed by atoms with E-state index >= 15 is 0 Å². The number of ether oxygens (including phenoxy) is 3. The molecule has 140 valence electrons. The maximum Gasteiger partial charge on any atom is 0.334 e. The second kappa shape index (κ2) is 4.42. The number of aliphatic hydroxyl groups is 1. The number of ketones is 1. The van der Waals surface area contributed by atoms with Gasteiger partial charge in [-0.2, -0.15) is 0 Å². The summed E-state index contributed by atoms with van der Waals surface area (Å²) in [7, 11) is 0. The molecule has 2 unspecified atom stereocenters. The molecule has 0 amide bonds. The van der Waals surface area contributed by atoms with Gasteiger partial charge in [0.05, 0.1) is 12.2 Å². The first-order valence-corrected chi connectivity index (χ1v) is 9.80. The van der Waals surface area contributed by atoms with E-state index in [2.05, 4.69) is 6.92 Å². The van der Waals surface area contributed by atoms with Gasteiger partial charge in [0.1, 0.15) is 12.2 Å². The highest BCUT2D eigenvalue weighted by atomic mass is 16.7. The second-order valence-corrected chi connectivity index (χ2v) is 9.34. The molecule has 0 aromatic heterocycles. The number of carbonyl (C=O) groups is 2. The highest BCUT2D eigenvalue weighted by Crippen LogP contribution is 2.78. The number of hydrogen-bond donors (Lipinski definition) is 1. The first-order valence-electron chi connectivity index (χ1n) is 9.80. The van der Waals surface area contributed by atoms with Crippen molar-refractivity contribution >= 4 is 11.8 Å². The summed E-state index contributed by atoms with van der Waals surface area (Å²) < 4.78 is 17.9. The van der Waals surface area contributed by atoms with Crippen molar-refractivity contribution in [3.63, 3.8) is 0 Å². The topological polar surface area (TPSA) is 88.7 Å². The van der Waals surface area contributed by atoms with Gasteiger partial charge in [0.25, 0.3) is 0 Å². The summed E-state index contributed by atoms with van der Waals surface area (Å²) in [5.74, 6) is -0.117. The molecule has 3 aliphatic carbocycles. The van der Waals surface area contributed by atoms with E-state index in [1.807, 2.05) is 6.92 Å². The zero-order chi connectivity index (χ0) is 18.1. The average molecular weight is 360 g/mol. The summed E-state index contributed by atoms with van der Waals surface area (Å²) >= 11 is 0. The molecule has 6 heteroatoms. The average Bonchev–Trinajstić information content (AvgIpc) is 3.50. The van der Waals surface area contributed by atoms with Crippen molar-refractivity contribution in [1.29, 1.82) is 0 Å². The zero-order valence-electron chi connectivity index (χ0n) is 15.1. The standard InChI is InChI=1S/C20H24O6/c1-9(7-21)11-5-15-20(26-15)18(2)4-3-10-12(8-24-17(10)23)13(18)6-14-19(20,25-14)16(11)22/h9,11,13-15,21H,3-8H2,1-2H3/t9-,11?,13?,14+,15+,18+,19-,20-/m1/s1. The van der Waals surface area contributed by atoms with Crippen LogP contribution in [0.3, 0.4) is 0 Å². The maximum atomic E-state index is 13.4. The highest BCUT2D eigenvalue weighted by Gasteiger charge is 2.93. The van der Waals surface area contributed by atoms with Crippen LogP contribution in [0.5, 0.6) is 0 Å². The molecule has 6 nitrogen and oxygen atoms in total. The SMILES string of the molecule is C[C@H](CO)C1C[C@@H]2O[C@@]23[C@@]2(C)CCC4=C(COC4=O)C2C[C@@H]2O[C@@]23C1=O. The Morgan fingerprint density at radius 3 is 2.81 bits per heavy atom. The quantitative estimate of drug-likeness (QED) is 0.587. The number of epoxide rings is 2. The third-order valence-corrected chi connectivity index (χ3v) is 8.52. The summed E-state index contributed by atoms with van der Waals surface area (Å²) in [6, 6.07) is 0. The van der Waals surface area contributed by atoms with E-state index in [9.17, 15) is 14.7 Å². The minimum atomic E-state index is -0.823. The van der Waals surface area contributed by atoms with Crippen molar-refractivity contribution in [2.75, 3.05) is 13.2 Å². The van der Waals surface area contributed by atoms with Crippen LogP contribution < -0.4 is 0 Å². The molecule has 0 aromatic carbocycles. The lowest BCUT2D eigenvalue weighted by molar-refractivity contribution is -0.140. The van der Waals surface area contributed by atoms with Crippen molar-refractivity contribution in [2.24, 2.45) is 23.2 Å². The van der Waals surface area contributed by atoms with Crippen LogP contribution in [0.15, 0.2) is 11.1 Å². The van der Waals surface area contributed by atoms with E-state index in [1.54, 1.807) is 0 Å². The smallest absolute Gasteiger partial charge is 0.334 e. The van der Waals surface area contributed by atoms with Crippen LogP contribution in [0.4, 0.5) is 0 Å². The largest absolute Gasteiger partial charge is 0.458 e. The molecule has 2 saturated carbocycles. The third kappa shape index (κ3) is 1.40. The number of carbonyl (C=O) groups excluding carboxylic acids is 2. The van der Waals surface area contributed by atoms with Crippen molar-refractivity contribution in [3.8, 4) is 0 Å². The Kier molecular flexibility index (Phi) is 2.68. The monoisotopic (exact) mass is 360 g/mol. The molecule has 26 heavy (non-hydrogen) atoms. The number of rotatable bonds is 2. The van der Waals surface area contributed by atoms with E-state index < -0.39 is 11.2 Å². The molecule has 0 radical (unpaired) electrons. The van der Waals surface area contributed by atoms with Gasteiger partial charge in [-0.3, -0.25) is 4.79 Å².